The number of aromatic nitrogens is 1. The van der Waals surface area contributed by atoms with Crippen LogP contribution in [-0.2, 0) is 16.2 Å². The average Bonchev–Trinajstić information content (AvgIpc) is 3.03. The summed E-state index contributed by atoms with van der Waals surface area (Å²) in [5.41, 5.74) is -0.943. The number of carbonyl (C=O) groups excluding carboxylic acids is 1. The van der Waals surface area contributed by atoms with Crippen LogP contribution in [0.1, 0.15) is 27.0 Å². The molecule has 1 heterocycles. The minimum atomic E-state index is -4.71. The van der Waals surface area contributed by atoms with Crippen LogP contribution < -0.4 is 0 Å². The van der Waals surface area contributed by atoms with Gasteiger partial charge in [0.1, 0.15) is 4.60 Å². The van der Waals surface area contributed by atoms with E-state index in [1.807, 2.05) is 0 Å². The van der Waals surface area contributed by atoms with E-state index >= 15 is 0 Å². The van der Waals surface area contributed by atoms with Crippen LogP contribution in [-0.4, -0.2) is 18.2 Å². The van der Waals surface area contributed by atoms with E-state index in [1.54, 1.807) is 19.1 Å². The summed E-state index contributed by atoms with van der Waals surface area (Å²) in [4.78, 5) is 12.6. The first-order valence-corrected chi connectivity index (χ1v) is 10.2. The number of hydrogen-bond donors (Lipinski definition) is 0. The molecule has 0 aliphatic carbocycles. The average molecular weight is 472 g/mol. The van der Waals surface area contributed by atoms with Gasteiger partial charge in [-0.3, -0.25) is 4.79 Å². The second-order valence-electron chi connectivity index (χ2n) is 6.04. The van der Waals surface area contributed by atoms with Gasteiger partial charge in [0.2, 0.25) is 0 Å². The molecule has 0 fully saturated rings. The third kappa shape index (κ3) is 3.77. The Morgan fingerprint density at radius 1 is 1.04 bits per heavy atom. The van der Waals surface area contributed by atoms with Crippen LogP contribution in [0.2, 0.25) is 0 Å². The van der Waals surface area contributed by atoms with E-state index in [1.165, 1.54) is 30.3 Å². The maximum absolute atomic E-state index is 13.2. The van der Waals surface area contributed by atoms with E-state index in [2.05, 4.69) is 15.9 Å². The fourth-order valence-corrected chi connectivity index (χ4v) is 4.80. The van der Waals surface area contributed by atoms with Crippen molar-refractivity contribution in [2.24, 2.45) is 0 Å². The number of benzene rings is 2. The minimum Gasteiger partial charge on any atom is -0.289 e. The van der Waals surface area contributed by atoms with E-state index in [-0.39, 0.29) is 15.1 Å². The molecule has 0 spiro atoms. The standard InChI is InChI=1S/C19H13BrF3NO3S/c1-12-6-8-14(9-7-12)28(26,27)24-11-13(10-17(24)20)18(25)15-4-2-3-5-16(15)19(21,22)23/h2-11H,1H3. The molecule has 0 amide bonds. The Morgan fingerprint density at radius 3 is 2.25 bits per heavy atom. The lowest BCUT2D eigenvalue weighted by molar-refractivity contribution is -0.137. The van der Waals surface area contributed by atoms with Crippen LogP contribution >= 0.6 is 15.9 Å². The van der Waals surface area contributed by atoms with Gasteiger partial charge >= 0.3 is 6.18 Å². The molecule has 0 unspecified atom stereocenters. The molecule has 3 rings (SSSR count). The third-order valence-electron chi connectivity index (χ3n) is 4.06. The van der Waals surface area contributed by atoms with Gasteiger partial charge in [0.05, 0.1) is 10.5 Å². The summed E-state index contributed by atoms with van der Waals surface area (Å²) >= 11 is 3.07. The van der Waals surface area contributed by atoms with Crippen molar-refractivity contribution in [3.05, 3.63) is 87.7 Å². The predicted molar refractivity (Wildman–Crippen MR) is 101 cm³/mol. The lowest BCUT2D eigenvalue weighted by Crippen LogP contribution is -2.14. The number of ketones is 1. The van der Waals surface area contributed by atoms with Crippen molar-refractivity contribution in [3.8, 4) is 0 Å². The van der Waals surface area contributed by atoms with E-state index in [9.17, 15) is 26.4 Å². The molecule has 0 N–H and O–H groups in total. The highest BCUT2D eigenvalue weighted by atomic mass is 79.9. The van der Waals surface area contributed by atoms with Gasteiger partial charge in [-0.05, 0) is 47.1 Å². The maximum atomic E-state index is 13.2. The highest BCUT2D eigenvalue weighted by molar-refractivity contribution is 9.10. The molecule has 0 aliphatic heterocycles. The molecule has 0 saturated heterocycles. The molecular weight excluding hydrogens is 459 g/mol. The maximum Gasteiger partial charge on any atom is 0.417 e. The third-order valence-corrected chi connectivity index (χ3v) is 6.59. The highest BCUT2D eigenvalue weighted by Gasteiger charge is 2.35. The van der Waals surface area contributed by atoms with Crippen molar-refractivity contribution in [1.82, 2.24) is 3.97 Å². The molecule has 9 heteroatoms. The van der Waals surface area contributed by atoms with Gasteiger partial charge < -0.3 is 0 Å². The second kappa shape index (κ2) is 7.21. The second-order valence-corrected chi connectivity index (χ2v) is 8.67. The number of aryl methyl sites for hydroxylation is 1. The van der Waals surface area contributed by atoms with Crippen molar-refractivity contribution in [3.63, 3.8) is 0 Å². The summed E-state index contributed by atoms with van der Waals surface area (Å²) in [7, 11) is -4.02. The van der Waals surface area contributed by atoms with E-state index in [4.69, 9.17) is 0 Å². The number of nitrogens with zero attached hydrogens (tertiary/aromatic N) is 1. The van der Waals surface area contributed by atoms with Gasteiger partial charge in [0.15, 0.2) is 5.78 Å². The van der Waals surface area contributed by atoms with Crippen LogP contribution in [0.5, 0.6) is 0 Å². The monoisotopic (exact) mass is 471 g/mol. The van der Waals surface area contributed by atoms with Gasteiger partial charge in [-0.15, -0.1) is 0 Å². The normalized spacial score (nSPS) is 12.2. The summed E-state index contributed by atoms with van der Waals surface area (Å²) in [6, 6.07) is 11.6. The zero-order chi connectivity index (χ0) is 20.7. The minimum absolute atomic E-state index is 0.0101. The molecule has 146 valence electrons. The summed E-state index contributed by atoms with van der Waals surface area (Å²) in [5, 5.41) is 0. The topological polar surface area (TPSA) is 56.1 Å². The van der Waals surface area contributed by atoms with Crippen molar-refractivity contribution in [2.75, 3.05) is 0 Å². The fraction of sp³-hybridized carbons (Fsp3) is 0.105. The Kier molecular flexibility index (Phi) is 5.24. The number of alkyl halides is 3. The zero-order valence-electron chi connectivity index (χ0n) is 14.4. The Morgan fingerprint density at radius 2 is 1.64 bits per heavy atom. The van der Waals surface area contributed by atoms with E-state index < -0.39 is 33.1 Å². The predicted octanol–water partition coefficient (Wildman–Crippen LogP) is 5.05. The van der Waals surface area contributed by atoms with Crippen LogP contribution in [0.15, 0.2) is 70.3 Å². The SMILES string of the molecule is Cc1ccc(S(=O)(=O)n2cc(C(=O)c3ccccc3C(F)(F)F)cc2Br)cc1. The van der Waals surface area contributed by atoms with Gasteiger partial charge in [0.25, 0.3) is 10.0 Å². The van der Waals surface area contributed by atoms with E-state index in [0.717, 1.165) is 27.9 Å². The molecule has 0 bridgehead atoms. The highest BCUT2D eigenvalue weighted by Crippen LogP contribution is 2.33. The summed E-state index contributed by atoms with van der Waals surface area (Å²) < 4.78 is 66.0. The van der Waals surface area contributed by atoms with Crippen molar-refractivity contribution in [1.29, 1.82) is 0 Å². The lowest BCUT2D eigenvalue weighted by atomic mass is 10.00. The molecule has 3 aromatic rings. The largest absolute Gasteiger partial charge is 0.417 e. The Balaban J connectivity index is 2.06. The number of rotatable bonds is 4. The van der Waals surface area contributed by atoms with Crippen LogP contribution in [0, 0.1) is 6.92 Å². The smallest absolute Gasteiger partial charge is 0.289 e. The van der Waals surface area contributed by atoms with Gasteiger partial charge in [-0.1, -0.05) is 35.9 Å². The molecule has 0 aliphatic rings. The zero-order valence-corrected chi connectivity index (χ0v) is 16.8. The molecule has 0 saturated carbocycles. The van der Waals surface area contributed by atoms with Crippen molar-refractivity contribution in [2.45, 2.75) is 18.0 Å². The van der Waals surface area contributed by atoms with E-state index in [0.29, 0.717) is 0 Å². The summed E-state index contributed by atoms with van der Waals surface area (Å²) in [6.07, 6.45) is -3.70. The lowest BCUT2D eigenvalue weighted by Gasteiger charge is -2.11. The molecule has 0 radical (unpaired) electrons. The van der Waals surface area contributed by atoms with Crippen molar-refractivity contribution < 1.29 is 26.4 Å². The summed E-state index contributed by atoms with van der Waals surface area (Å²) in [6.45, 7) is 1.80. The van der Waals surface area contributed by atoms with Crippen LogP contribution in [0.4, 0.5) is 13.2 Å². The Bertz CT molecular complexity index is 1150. The van der Waals surface area contributed by atoms with Gasteiger partial charge in [-0.2, -0.15) is 13.2 Å². The number of halogens is 4. The molecule has 1 aromatic heterocycles. The number of carbonyl (C=O) groups is 1. The molecule has 2 aromatic carbocycles. The Labute approximate surface area is 167 Å². The first kappa shape index (κ1) is 20.3. The van der Waals surface area contributed by atoms with Crippen LogP contribution in [0.3, 0.4) is 0 Å². The van der Waals surface area contributed by atoms with Crippen molar-refractivity contribution >= 4 is 31.7 Å². The molecular formula is C19H13BrF3NO3S. The first-order valence-electron chi connectivity index (χ1n) is 7.93. The Hall–Kier alpha value is -2.39. The van der Waals surface area contributed by atoms with Gasteiger partial charge in [-0.25, -0.2) is 12.4 Å². The summed E-state index contributed by atoms with van der Waals surface area (Å²) in [5.74, 6) is -0.925. The molecule has 0 atom stereocenters. The quantitative estimate of drug-likeness (QED) is 0.500. The first-order chi connectivity index (χ1) is 13.0. The molecule has 4 nitrogen and oxygen atoms in total. The van der Waals surface area contributed by atoms with Gasteiger partial charge in [0, 0.05) is 17.3 Å². The number of hydrogen-bond acceptors (Lipinski definition) is 3. The fourth-order valence-electron chi connectivity index (χ4n) is 2.63. The van der Waals surface area contributed by atoms with Crippen LogP contribution in [0.25, 0.3) is 0 Å². The molecule has 28 heavy (non-hydrogen) atoms.